The van der Waals surface area contributed by atoms with Gasteiger partial charge in [-0.3, -0.25) is 9.59 Å². The summed E-state index contributed by atoms with van der Waals surface area (Å²) >= 11 is 0. The van der Waals surface area contributed by atoms with E-state index in [2.05, 4.69) is 0 Å². The fraction of sp³-hybridized carbons (Fsp3) is 0.125. The summed E-state index contributed by atoms with van der Waals surface area (Å²) in [5, 5.41) is 1.42. The standard InChI is InChI=1S/C16H16O4Si/c1-13(17)19-21(20-14(2)18,15-9-5-3-6-10-15)16-11-7-4-8-12-16/h3-12H,1-2H3. The predicted molar refractivity (Wildman–Crippen MR) is 81.4 cm³/mol. The van der Waals surface area contributed by atoms with Gasteiger partial charge in [0, 0.05) is 24.2 Å². The minimum absolute atomic E-state index is 0.476. The molecule has 2 aromatic carbocycles. The SMILES string of the molecule is CC(=O)O[Si](OC(C)=O)(c1ccccc1)c1ccccc1. The molecule has 0 radical (unpaired) electrons. The summed E-state index contributed by atoms with van der Waals surface area (Å²) in [4.78, 5) is 23.2. The molecule has 0 unspecified atom stereocenters. The molecule has 0 bridgehead atoms. The average Bonchev–Trinajstić information content (AvgIpc) is 2.47. The first kappa shape index (κ1) is 15.0. The molecule has 5 heteroatoms. The maximum absolute atomic E-state index is 11.6. The molecular weight excluding hydrogens is 284 g/mol. The Morgan fingerprint density at radius 3 is 1.33 bits per heavy atom. The van der Waals surface area contributed by atoms with Crippen LogP contribution in [0.4, 0.5) is 0 Å². The summed E-state index contributed by atoms with van der Waals surface area (Å²) in [6.07, 6.45) is 0. The zero-order valence-corrected chi connectivity index (χ0v) is 12.9. The van der Waals surface area contributed by atoms with E-state index in [-0.39, 0.29) is 0 Å². The van der Waals surface area contributed by atoms with Gasteiger partial charge >= 0.3 is 8.56 Å². The molecule has 0 atom stereocenters. The van der Waals surface area contributed by atoms with Gasteiger partial charge in [-0.05, 0) is 0 Å². The van der Waals surface area contributed by atoms with Gasteiger partial charge in [-0.15, -0.1) is 0 Å². The lowest BCUT2D eigenvalue weighted by Gasteiger charge is -2.29. The third-order valence-electron chi connectivity index (χ3n) is 2.88. The molecule has 108 valence electrons. The van der Waals surface area contributed by atoms with Crippen LogP contribution in [0.2, 0.25) is 0 Å². The summed E-state index contributed by atoms with van der Waals surface area (Å²) in [6.45, 7) is 2.63. The van der Waals surface area contributed by atoms with Gasteiger partial charge in [0.25, 0.3) is 11.9 Å². The Morgan fingerprint density at radius 2 is 1.05 bits per heavy atom. The first-order valence-electron chi connectivity index (χ1n) is 6.55. The lowest BCUT2D eigenvalue weighted by Crippen LogP contribution is -2.64. The minimum Gasteiger partial charge on any atom is -0.479 e. The summed E-state index contributed by atoms with van der Waals surface area (Å²) in [7, 11) is -3.37. The van der Waals surface area contributed by atoms with Gasteiger partial charge in [0.15, 0.2) is 0 Å². The van der Waals surface area contributed by atoms with E-state index >= 15 is 0 Å². The van der Waals surface area contributed by atoms with Crippen molar-refractivity contribution in [2.45, 2.75) is 13.8 Å². The van der Waals surface area contributed by atoms with Gasteiger partial charge < -0.3 is 8.85 Å². The molecule has 0 N–H and O–H groups in total. The van der Waals surface area contributed by atoms with E-state index in [1.165, 1.54) is 13.8 Å². The van der Waals surface area contributed by atoms with Crippen LogP contribution in [-0.2, 0) is 18.4 Å². The molecule has 0 aliphatic carbocycles. The number of hydrogen-bond acceptors (Lipinski definition) is 4. The Kier molecular flexibility index (Phi) is 4.54. The van der Waals surface area contributed by atoms with Crippen LogP contribution in [0, 0.1) is 0 Å². The quantitative estimate of drug-likeness (QED) is 0.800. The first-order chi connectivity index (χ1) is 10.0. The monoisotopic (exact) mass is 300 g/mol. The molecule has 0 aliphatic heterocycles. The number of carbonyl (C=O) groups excluding carboxylic acids is 2. The van der Waals surface area contributed by atoms with E-state index in [0.717, 1.165) is 0 Å². The molecule has 0 aromatic heterocycles. The van der Waals surface area contributed by atoms with Gasteiger partial charge in [0.1, 0.15) is 0 Å². The first-order valence-corrected chi connectivity index (χ1v) is 8.36. The van der Waals surface area contributed by atoms with Gasteiger partial charge in [0.05, 0.1) is 0 Å². The van der Waals surface area contributed by atoms with Crippen LogP contribution in [0.25, 0.3) is 0 Å². The van der Waals surface area contributed by atoms with Gasteiger partial charge in [-0.25, -0.2) is 0 Å². The van der Waals surface area contributed by atoms with E-state index in [1.54, 1.807) is 0 Å². The highest BCUT2D eigenvalue weighted by Gasteiger charge is 2.48. The predicted octanol–water partition coefficient (Wildman–Crippen LogP) is 1.37. The third kappa shape index (κ3) is 3.38. The highest BCUT2D eigenvalue weighted by atomic mass is 28.4. The molecule has 0 spiro atoms. The van der Waals surface area contributed by atoms with Crippen molar-refractivity contribution in [3.8, 4) is 0 Å². The summed E-state index contributed by atoms with van der Waals surface area (Å²) < 4.78 is 11.2. The van der Waals surface area contributed by atoms with Gasteiger partial charge in [-0.2, -0.15) is 0 Å². The Balaban J connectivity index is 2.64. The second-order valence-corrected chi connectivity index (χ2v) is 7.33. The molecule has 0 aliphatic rings. The number of hydrogen-bond donors (Lipinski definition) is 0. The van der Waals surface area contributed by atoms with Crippen LogP contribution in [0.15, 0.2) is 60.7 Å². The molecule has 4 nitrogen and oxygen atoms in total. The normalized spacial score (nSPS) is 10.8. The fourth-order valence-electron chi connectivity index (χ4n) is 2.14. The molecule has 2 aromatic rings. The molecule has 0 saturated carbocycles. The van der Waals surface area contributed by atoms with Crippen molar-refractivity contribution >= 4 is 30.9 Å². The van der Waals surface area contributed by atoms with E-state index in [9.17, 15) is 9.59 Å². The zero-order valence-electron chi connectivity index (χ0n) is 11.9. The summed E-state index contributed by atoms with van der Waals surface area (Å²) in [5.74, 6) is -0.953. The van der Waals surface area contributed by atoms with E-state index in [1.807, 2.05) is 60.7 Å². The van der Waals surface area contributed by atoms with Crippen LogP contribution in [-0.4, -0.2) is 20.5 Å². The maximum atomic E-state index is 11.6. The van der Waals surface area contributed by atoms with Crippen LogP contribution >= 0.6 is 0 Å². The van der Waals surface area contributed by atoms with Crippen molar-refractivity contribution < 1.29 is 18.4 Å². The van der Waals surface area contributed by atoms with Crippen molar-refractivity contribution in [3.05, 3.63) is 60.7 Å². The Labute approximate surface area is 124 Å². The molecule has 0 heterocycles. The topological polar surface area (TPSA) is 52.6 Å². The highest BCUT2D eigenvalue weighted by Crippen LogP contribution is 2.11. The Hall–Kier alpha value is -2.40. The van der Waals surface area contributed by atoms with E-state index in [4.69, 9.17) is 8.85 Å². The van der Waals surface area contributed by atoms with E-state index < -0.39 is 20.5 Å². The Morgan fingerprint density at radius 1 is 0.714 bits per heavy atom. The molecule has 0 amide bonds. The van der Waals surface area contributed by atoms with Gasteiger partial charge in [0.2, 0.25) is 0 Å². The molecule has 2 rings (SSSR count). The molecule has 0 saturated heterocycles. The van der Waals surface area contributed by atoms with E-state index in [0.29, 0.717) is 10.4 Å². The number of benzene rings is 2. The van der Waals surface area contributed by atoms with Crippen LogP contribution in [0.1, 0.15) is 13.8 Å². The van der Waals surface area contributed by atoms with Crippen molar-refractivity contribution in [3.63, 3.8) is 0 Å². The fourth-order valence-corrected chi connectivity index (χ4v) is 5.06. The van der Waals surface area contributed by atoms with Crippen molar-refractivity contribution in [1.29, 1.82) is 0 Å². The largest absolute Gasteiger partial charge is 0.534 e. The lowest BCUT2D eigenvalue weighted by atomic mass is 10.4. The second-order valence-electron chi connectivity index (χ2n) is 4.54. The highest BCUT2D eigenvalue weighted by molar-refractivity contribution is 6.94. The summed E-state index contributed by atoms with van der Waals surface area (Å²) in [5.41, 5.74) is 0. The van der Waals surface area contributed by atoms with Crippen molar-refractivity contribution in [2.24, 2.45) is 0 Å². The molecule has 0 fully saturated rings. The average molecular weight is 300 g/mol. The van der Waals surface area contributed by atoms with Crippen LogP contribution in [0.3, 0.4) is 0 Å². The Bertz CT molecular complexity index is 568. The lowest BCUT2D eigenvalue weighted by molar-refractivity contribution is -0.138. The van der Waals surface area contributed by atoms with Crippen molar-refractivity contribution in [2.75, 3.05) is 0 Å². The molecule has 21 heavy (non-hydrogen) atoms. The van der Waals surface area contributed by atoms with Gasteiger partial charge in [-0.1, -0.05) is 60.7 Å². The second kappa shape index (κ2) is 6.36. The van der Waals surface area contributed by atoms with Crippen molar-refractivity contribution in [1.82, 2.24) is 0 Å². The number of carbonyl (C=O) groups is 2. The summed E-state index contributed by atoms with van der Waals surface area (Å²) in [6, 6.07) is 18.3. The zero-order chi connectivity index (χ0) is 15.3. The van der Waals surface area contributed by atoms with Crippen LogP contribution in [0.5, 0.6) is 0 Å². The molecular formula is C16H16O4Si. The third-order valence-corrected chi connectivity index (χ3v) is 6.22. The van der Waals surface area contributed by atoms with Crippen LogP contribution < -0.4 is 10.4 Å². The minimum atomic E-state index is -3.37. The maximum Gasteiger partial charge on any atom is 0.534 e. The number of rotatable bonds is 4. The smallest absolute Gasteiger partial charge is 0.479 e.